The van der Waals surface area contributed by atoms with Crippen LogP contribution in [0.1, 0.15) is 30.9 Å². The highest BCUT2D eigenvalue weighted by molar-refractivity contribution is 5.79. The van der Waals surface area contributed by atoms with Gasteiger partial charge in [-0.1, -0.05) is 6.07 Å². The highest BCUT2D eigenvalue weighted by Gasteiger charge is 2.15. The molecular formula is C20H32FN3O2. The molecule has 1 aliphatic rings. The van der Waals surface area contributed by atoms with Gasteiger partial charge in [-0.2, -0.15) is 0 Å². The zero-order valence-corrected chi connectivity index (χ0v) is 16.0. The molecule has 1 heterocycles. The predicted molar refractivity (Wildman–Crippen MR) is 103 cm³/mol. The second-order valence-corrected chi connectivity index (χ2v) is 6.67. The van der Waals surface area contributed by atoms with Crippen LogP contribution < -0.4 is 10.6 Å². The van der Waals surface area contributed by atoms with Crippen molar-refractivity contribution in [1.82, 2.24) is 10.6 Å². The molecule has 1 unspecified atom stereocenters. The van der Waals surface area contributed by atoms with Gasteiger partial charge in [0, 0.05) is 38.8 Å². The van der Waals surface area contributed by atoms with Gasteiger partial charge in [-0.25, -0.2) is 4.39 Å². The number of rotatable bonds is 10. The van der Waals surface area contributed by atoms with Crippen molar-refractivity contribution in [2.45, 2.75) is 33.1 Å². The molecule has 5 nitrogen and oxygen atoms in total. The lowest BCUT2D eigenvalue weighted by molar-refractivity contribution is 0.0893. The fourth-order valence-corrected chi connectivity index (χ4v) is 2.92. The number of halogens is 1. The number of aliphatic imine (C=N–C) groups is 1. The third-order valence-electron chi connectivity index (χ3n) is 4.43. The Morgan fingerprint density at radius 3 is 3.00 bits per heavy atom. The Bertz CT molecular complexity index is 560. The van der Waals surface area contributed by atoms with E-state index in [-0.39, 0.29) is 5.82 Å². The summed E-state index contributed by atoms with van der Waals surface area (Å²) in [6.45, 7) is 9.52. The van der Waals surface area contributed by atoms with E-state index in [0.29, 0.717) is 5.92 Å². The summed E-state index contributed by atoms with van der Waals surface area (Å²) in [6.07, 6.45) is 2.85. The number of hydrogen-bond acceptors (Lipinski definition) is 3. The number of benzene rings is 1. The van der Waals surface area contributed by atoms with Crippen molar-refractivity contribution in [2.75, 3.05) is 46.1 Å². The molecule has 0 amide bonds. The molecule has 0 bridgehead atoms. The van der Waals surface area contributed by atoms with E-state index in [1.165, 1.54) is 6.07 Å². The topological polar surface area (TPSA) is 54.9 Å². The largest absolute Gasteiger partial charge is 0.381 e. The SMILES string of the molecule is CCNC(=NCCCOCC1CCOC1)NCCc1ccc(F)cc1C. The lowest BCUT2D eigenvalue weighted by atomic mass is 10.1. The fraction of sp³-hybridized carbons (Fsp3) is 0.650. The van der Waals surface area contributed by atoms with E-state index < -0.39 is 0 Å². The number of nitrogens with one attached hydrogen (secondary N) is 2. The number of guanidine groups is 1. The highest BCUT2D eigenvalue weighted by atomic mass is 19.1. The van der Waals surface area contributed by atoms with E-state index in [9.17, 15) is 4.39 Å². The summed E-state index contributed by atoms with van der Waals surface area (Å²) in [5, 5.41) is 6.58. The first-order valence-electron chi connectivity index (χ1n) is 9.61. The zero-order valence-electron chi connectivity index (χ0n) is 16.0. The maximum absolute atomic E-state index is 13.2. The number of nitrogens with zero attached hydrogens (tertiary/aromatic N) is 1. The minimum Gasteiger partial charge on any atom is -0.381 e. The molecule has 1 aliphatic heterocycles. The molecule has 1 atom stereocenters. The average Bonchev–Trinajstić information content (AvgIpc) is 3.13. The van der Waals surface area contributed by atoms with Crippen LogP contribution in [-0.4, -0.2) is 52.0 Å². The summed E-state index contributed by atoms with van der Waals surface area (Å²) in [4.78, 5) is 4.58. The van der Waals surface area contributed by atoms with Crippen molar-refractivity contribution in [1.29, 1.82) is 0 Å². The van der Waals surface area contributed by atoms with E-state index in [2.05, 4.69) is 15.6 Å². The van der Waals surface area contributed by atoms with Gasteiger partial charge in [0.2, 0.25) is 0 Å². The molecule has 1 saturated heterocycles. The number of aryl methyl sites for hydroxylation is 1. The highest BCUT2D eigenvalue weighted by Crippen LogP contribution is 2.12. The molecule has 26 heavy (non-hydrogen) atoms. The molecule has 0 radical (unpaired) electrons. The zero-order chi connectivity index (χ0) is 18.6. The molecule has 0 aliphatic carbocycles. The molecule has 6 heteroatoms. The standard InChI is InChI=1S/C20H32FN3O2/c1-3-22-20(23-9-4-11-25-14-17-8-12-26-15-17)24-10-7-18-5-6-19(21)13-16(18)2/h5-6,13,17H,3-4,7-12,14-15H2,1-2H3,(H2,22,23,24). The number of ether oxygens (including phenoxy) is 2. The molecule has 1 aromatic carbocycles. The smallest absolute Gasteiger partial charge is 0.191 e. The minimum atomic E-state index is -0.184. The first-order valence-corrected chi connectivity index (χ1v) is 9.61. The van der Waals surface area contributed by atoms with E-state index in [1.807, 2.05) is 19.9 Å². The van der Waals surface area contributed by atoms with E-state index >= 15 is 0 Å². The van der Waals surface area contributed by atoms with Gasteiger partial charge in [0.25, 0.3) is 0 Å². The van der Waals surface area contributed by atoms with E-state index in [0.717, 1.165) is 82.4 Å². The Kier molecular flexibility index (Phi) is 9.42. The van der Waals surface area contributed by atoms with Crippen molar-refractivity contribution < 1.29 is 13.9 Å². The number of hydrogen-bond donors (Lipinski definition) is 2. The summed E-state index contributed by atoms with van der Waals surface area (Å²) < 4.78 is 24.2. The van der Waals surface area contributed by atoms with Crippen molar-refractivity contribution in [3.8, 4) is 0 Å². The Morgan fingerprint density at radius 2 is 2.27 bits per heavy atom. The summed E-state index contributed by atoms with van der Waals surface area (Å²) in [5.74, 6) is 1.20. The van der Waals surface area contributed by atoms with Gasteiger partial charge in [0.15, 0.2) is 5.96 Å². The van der Waals surface area contributed by atoms with Crippen molar-refractivity contribution >= 4 is 5.96 Å². The molecule has 0 spiro atoms. The van der Waals surface area contributed by atoms with Gasteiger partial charge < -0.3 is 20.1 Å². The second-order valence-electron chi connectivity index (χ2n) is 6.67. The first kappa shape index (κ1) is 20.6. The Labute approximate surface area is 156 Å². The van der Waals surface area contributed by atoms with Crippen LogP contribution >= 0.6 is 0 Å². The van der Waals surface area contributed by atoms with Gasteiger partial charge in [-0.05, 0) is 56.4 Å². The van der Waals surface area contributed by atoms with Gasteiger partial charge in [0.1, 0.15) is 5.82 Å². The quantitative estimate of drug-likeness (QED) is 0.380. The maximum atomic E-state index is 13.2. The Morgan fingerprint density at radius 1 is 1.38 bits per heavy atom. The lowest BCUT2D eigenvalue weighted by Crippen LogP contribution is -2.38. The van der Waals surface area contributed by atoms with Crippen molar-refractivity contribution in [2.24, 2.45) is 10.9 Å². The minimum absolute atomic E-state index is 0.184. The third-order valence-corrected chi connectivity index (χ3v) is 4.43. The lowest BCUT2D eigenvalue weighted by Gasteiger charge is -2.12. The van der Waals surface area contributed by atoms with Crippen LogP contribution in [-0.2, 0) is 15.9 Å². The van der Waals surface area contributed by atoms with Crippen molar-refractivity contribution in [3.05, 3.63) is 35.1 Å². The molecule has 2 N–H and O–H groups in total. The van der Waals surface area contributed by atoms with Crippen LogP contribution in [0.15, 0.2) is 23.2 Å². The molecule has 0 saturated carbocycles. The van der Waals surface area contributed by atoms with Gasteiger partial charge >= 0.3 is 0 Å². The Balaban J connectivity index is 1.63. The monoisotopic (exact) mass is 365 g/mol. The molecular weight excluding hydrogens is 333 g/mol. The molecule has 2 rings (SSSR count). The first-order chi connectivity index (χ1) is 12.7. The van der Waals surface area contributed by atoms with Crippen LogP contribution in [0.3, 0.4) is 0 Å². The molecule has 1 aromatic rings. The van der Waals surface area contributed by atoms with Gasteiger partial charge in [0.05, 0.1) is 13.2 Å². The average molecular weight is 365 g/mol. The molecule has 146 valence electrons. The maximum Gasteiger partial charge on any atom is 0.191 e. The van der Waals surface area contributed by atoms with Crippen LogP contribution in [0.2, 0.25) is 0 Å². The summed E-state index contributed by atoms with van der Waals surface area (Å²) in [7, 11) is 0. The normalized spacial score (nSPS) is 17.5. The van der Waals surface area contributed by atoms with Crippen LogP contribution in [0.4, 0.5) is 4.39 Å². The summed E-state index contributed by atoms with van der Waals surface area (Å²) >= 11 is 0. The van der Waals surface area contributed by atoms with Crippen LogP contribution in [0, 0.1) is 18.7 Å². The fourth-order valence-electron chi connectivity index (χ4n) is 2.92. The third kappa shape index (κ3) is 7.70. The van der Waals surface area contributed by atoms with E-state index in [4.69, 9.17) is 9.47 Å². The molecule has 0 aromatic heterocycles. The Hall–Kier alpha value is -1.66. The summed E-state index contributed by atoms with van der Waals surface area (Å²) in [6, 6.07) is 4.94. The van der Waals surface area contributed by atoms with Gasteiger partial charge in [-0.3, -0.25) is 4.99 Å². The second kappa shape index (κ2) is 11.9. The predicted octanol–water partition coefficient (Wildman–Crippen LogP) is 2.67. The summed E-state index contributed by atoms with van der Waals surface area (Å²) in [5.41, 5.74) is 2.14. The van der Waals surface area contributed by atoms with Crippen LogP contribution in [0.25, 0.3) is 0 Å². The molecule has 1 fully saturated rings. The van der Waals surface area contributed by atoms with Crippen LogP contribution in [0.5, 0.6) is 0 Å². The van der Waals surface area contributed by atoms with E-state index in [1.54, 1.807) is 6.07 Å². The van der Waals surface area contributed by atoms with Crippen molar-refractivity contribution in [3.63, 3.8) is 0 Å². The van der Waals surface area contributed by atoms with Gasteiger partial charge in [-0.15, -0.1) is 0 Å².